The Bertz CT molecular complexity index is 571. The zero-order valence-corrected chi connectivity index (χ0v) is 17.0. The second kappa shape index (κ2) is 7.89. The van der Waals surface area contributed by atoms with Crippen molar-refractivity contribution in [3.8, 4) is 0 Å². The SMILES string of the molecule is CC(C)(C)[Si](C)(C)O[C@@H]1CC(O)CN(C(=O)OCc2ccccc2)C1. The zero-order valence-electron chi connectivity index (χ0n) is 16.0. The minimum absolute atomic E-state index is 0.0913. The van der Waals surface area contributed by atoms with E-state index in [1.54, 1.807) is 4.90 Å². The largest absolute Gasteiger partial charge is 0.445 e. The molecule has 1 aliphatic heterocycles. The summed E-state index contributed by atoms with van der Waals surface area (Å²) in [6.07, 6.45) is -0.553. The fraction of sp³-hybridized carbons (Fsp3) is 0.632. The van der Waals surface area contributed by atoms with Crippen LogP contribution >= 0.6 is 0 Å². The van der Waals surface area contributed by atoms with Crippen molar-refractivity contribution in [3.63, 3.8) is 0 Å². The molecule has 5 nitrogen and oxygen atoms in total. The second-order valence-corrected chi connectivity index (χ2v) is 13.1. The first kappa shape index (κ1) is 19.9. The third-order valence-corrected chi connectivity index (χ3v) is 9.66. The molecule has 1 aliphatic rings. The average molecular weight is 366 g/mol. The third-order valence-electron chi connectivity index (χ3n) is 5.12. The smallest absolute Gasteiger partial charge is 0.410 e. The van der Waals surface area contributed by atoms with Crippen LogP contribution in [-0.2, 0) is 15.8 Å². The molecule has 1 unspecified atom stereocenters. The molecule has 6 heteroatoms. The highest BCUT2D eigenvalue weighted by molar-refractivity contribution is 6.74. The number of likely N-dealkylation sites (tertiary alicyclic amines) is 1. The maximum atomic E-state index is 12.4. The molecule has 140 valence electrons. The molecule has 1 N–H and O–H groups in total. The van der Waals surface area contributed by atoms with Crippen LogP contribution in [0.1, 0.15) is 32.8 Å². The van der Waals surface area contributed by atoms with Gasteiger partial charge in [0.25, 0.3) is 0 Å². The van der Waals surface area contributed by atoms with Gasteiger partial charge >= 0.3 is 6.09 Å². The molecule has 0 radical (unpaired) electrons. The van der Waals surface area contributed by atoms with E-state index in [4.69, 9.17) is 9.16 Å². The minimum atomic E-state index is -1.95. The van der Waals surface area contributed by atoms with E-state index in [2.05, 4.69) is 33.9 Å². The average Bonchev–Trinajstić information content (AvgIpc) is 2.51. The summed E-state index contributed by atoms with van der Waals surface area (Å²) in [4.78, 5) is 13.9. The van der Waals surface area contributed by atoms with Crippen molar-refractivity contribution in [2.45, 2.75) is 64.1 Å². The molecule has 2 rings (SSSR count). The molecule has 1 aromatic carbocycles. The van der Waals surface area contributed by atoms with E-state index in [1.807, 2.05) is 30.3 Å². The van der Waals surface area contributed by atoms with Gasteiger partial charge in [0.2, 0.25) is 0 Å². The van der Waals surface area contributed by atoms with Gasteiger partial charge < -0.3 is 19.2 Å². The van der Waals surface area contributed by atoms with Gasteiger partial charge in [-0.05, 0) is 23.7 Å². The Morgan fingerprint density at radius 3 is 2.48 bits per heavy atom. The number of amides is 1. The lowest BCUT2D eigenvalue weighted by Crippen LogP contribution is -2.53. The summed E-state index contributed by atoms with van der Waals surface area (Å²) in [5, 5.41) is 10.3. The number of benzene rings is 1. The van der Waals surface area contributed by atoms with Crippen LogP contribution in [0.5, 0.6) is 0 Å². The Hall–Kier alpha value is -1.37. The van der Waals surface area contributed by atoms with Gasteiger partial charge in [0, 0.05) is 13.0 Å². The van der Waals surface area contributed by atoms with Crippen molar-refractivity contribution in [1.82, 2.24) is 4.90 Å². The molecule has 1 heterocycles. The van der Waals surface area contributed by atoms with E-state index in [-0.39, 0.29) is 17.7 Å². The lowest BCUT2D eigenvalue weighted by molar-refractivity contribution is -0.00624. The number of carbonyl (C=O) groups is 1. The number of ether oxygens (including phenoxy) is 1. The summed E-state index contributed by atoms with van der Waals surface area (Å²) >= 11 is 0. The zero-order chi connectivity index (χ0) is 18.7. The number of hydrogen-bond donors (Lipinski definition) is 1. The monoisotopic (exact) mass is 365 g/mol. The number of aliphatic hydroxyl groups excluding tert-OH is 1. The lowest BCUT2D eigenvalue weighted by atomic mass is 10.1. The normalized spacial score (nSPS) is 21.9. The van der Waals surface area contributed by atoms with E-state index >= 15 is 0 Å². The number of hydrogen-bond acceptors (Lipinski definition) is 4. The topological polar surface area (TPSA) is 59.0 Å². The van der Waals surface area contributed by atoms with Crippen molar-refractivity contribution >= 4 is 14.4 Å². The van der Waals surface area contributed by atoms with E-state index in [0.29, 0.717) is 19.5 Å². The molecule has 25 heavy (non-hydrogen) atoms. The first-order valence-corrected chi connectivity index (χ1v) is 11.8. The van der Waals surface area contributed by atoms with E-state index < -0.39 is 20.5 Å². The molecule has 1 amide bonds. The van der Waals surface area contributed by atoms with Gasteiger partial charge in [-0.3, -0.25) is 0 Å². The van der Waals surface area contributed by atoms with Crippen molar-refractivity contribution < 1.29 is 19.1 Å². The Balaban J connectivity index is 1.94. The summed E-state index contributed by atoms with van der Waals surface area (Å²) in [6.45, 7) is 11.9. The van der Waals surface area contributed by atoms with Crippen molar-refractivity contribution in [2.75, 3.05) is 13.1 Å². The highest BCUT2D eigenvalue weighted by Gasteiger charge is 2.41. The van der Waals surface area contributed by atoms with Crippen LogP contribution < -0.4 is 0 Å². The molecule has 1 aromatic rings. The lowest BCUT2D eigenvalue weighted by Gasteiger charge is -2.43. The van der Waals surface area contributed by atoms with Crippen LogP contribution in [0, 0.1) is 0 Å². The van der Waals surface area contributed by atoms with Crippen LogP contribution in [0.3, 0.4) is 0 Å². The maximum Gasteiger partial charge on any atom is 0.410 e. The standard InChI is InChI=1S/C19H31NO4Si/c1-19(2,3)25(4,5)24-17-11-16(21)12-20(13-17)18(22)23-14-15-9-7-6-8-10-15/h6-10,16-17,21H,11-14H2,1-5H3/t16?,17-/m1/s1. The predicted molar refractivity (Wildman–Crippen MR) is 101 cm³/mol. The fourth-order valence-corrected chi connectivity index (χ4v) is 4.02. The molecule has 1 fully saturated rings. The second-order valence-electron chi connectivity index (χ2n) is 8.33. The van der Waals surface area contributed by atoms with Gasteiger partial charge in [-0.25, -0.2) is 4.79 Å². The highest BCUT2D eigenvalue weighted by Crippen LogP contribution is 2.38. The predicted octanol–water partition coefficient (Wildman–Crippen LogP) is 3.78. The number of rotatable bonds is 4. The molecule has 2 atom stereocenters. The third kappa shape index (κ3) is 5.56. The minimum Gasteiger partial charge on any atom is -0.445 e. The molecule has 0 aromatic heterocycles. The van der Waals surface area contributed by atoms with Gasteiger partial charge in [-0.2, -0.15) is 0 Å². The summed E-state index contributed by atoms with van der Waals surface area (Å²) in [5.74, 6) is 0. The van der Waals surface area contributed by atoms with Gasteiger partial charge in [-0.15, -0.1) is 0 Å². The summed E-state index contributed by atoms with van der Waals surface area (Å²) in [7, 11) is -1.95. The van der Waals surface area contributed by atoms with Crippen LogP contribution in [0.4, 0.5) is 4.79 Å². The molecule has 1 saturated heterocycles. The van der Waals surface area contributed by atoms with Crippen molar-refractivity contribution in [1.29, 1.82) is 0 Å². The molecule has 0 saturated carbocycles. The van der Waals surface area contributed by atoms with Gasteiger partial charge in [-0.1, -0.05) is 51.1 Å². The number of nitrogens with zero attached hydrogens (tertiary/aromatic N) is 1. The molecule has 0 bridgehead atoms. The van der Waals surface area contributed by atoms with Gasteiger partial charge in [0.1, 0.15) is 6.61 Å². The molecule has 0 spiro atoms. The first-order chi connectivity index (χ1) is 11.6. The number of carbonyl (C=O) groups excluding carboxylic acids is 1. The van der Waals surface area contributed by atoms with Crippen molar-refractivity contribution in [3.05, 3.63) is 35.9 Å². The Kier molecular flexibility index (Phi) is 6.29. The maximum absolute atomic E-state index is 12.4. The van der Waals surface area contributed by atoms with Crippen LogP contribution in [0.2, 0.25) is 18.1 Å². The number of β-amino-alcohol motifs (C(OH)–C–C–N with tert-alkyl or cyclic N) is 1. The van der Waals surface area contributed by atoms with Crippen LogP contribution in [-0.4, -0.2) is 49.7 Å². The van der Waals surface area contributed by atoms with Crippen molar-refractivity contribution in [2.24, 2.45) is 0 Å². The Labute approximate surface area is 152 Å². The van der Waals surface area contributed by atoms with E-state index in [1.165, 1.54) is 0 Å². The quantitative estimate of drug-likeness (QED) is 0.825. The van der Waals surface area contributed by atoms with Gasteiger partial charge in [0.15, 0.2) is 8.32 Å². The van der Waals surface area contributed by atoms with E-state index in [0.717, 1.165) is 5.56 Å². The summed E-state index contributed by atoms with van der Waals surface area (Å²) in [5.41, 5.74) is 0.947. The van der Waals surface area contributed by atoms with Crippen LogP contribution in [0.15, 0.2) is 30.3 Å². The molecular weight excluding hydrogens is 334 g/mol. The highest BCUT2D eigenvalue weighted by atomic mass is 28.4. The van der Waals surface area contributed by atoms with Crippen LogP contribution in [0.25, 0.3) is 0 Å². The van der Waals surface area contributed by atoms with E-state index in [9.17, 15) is 9.90 Å². The molecular formula is C19H31NO4Si. The number of piperidine rings is 1. The molecule has 0 aliphatic carbocycles. The first-order valence-electron chi connectivity index (χ1n) is 8.90. The Morgan fingerprint density at radius 2 is 1.88 bits per heavy atom. The van der Waals surface area contributed by atoms with Gasteiger partial charge in [0.05, 0.1) is 18.8 Å². The summed E-state index contributed by atoms with van der Waals surface area (Å²) < 4.78 is 11.8. The fourth-order valence-electron chi connectivity index (χ4n) is 2.67. The summed E-state index contributed by atoms with van der Waals surface area (Å²) in [6, 6.07) is 9.59. The Morgan fingerprint density at radius 1 is 1.24 bits per heavy atom. The number of aliphatic hydroxyl groups is 1.